The lowest BCUT2D eigenvalue weighted by Crippen LogP contribution is -2.34. The Kier molecular flexibility index (Phi) is 13.5. The summed E-state index contributed by atoms with van der Waals surface area (Å²) in [4.78, 5) is 16.0. The van der Waals surface area contributed by atoms with Crippen molar-refractivity contribution in [2.24, 2.45) is 4.99 Å². The predicted molar refractivity (Wildman–Crippen MR) is 114 cm³/mol. The molecular formula is C17H29IN4O4. The number of nitrogens with zero attached hydrogens (tertiary/aromatic N) is 1. The van der Waals surface area contributed by atoms with Crippen molar-refractivity contribution in [1.29, 1.82) is 0 Å². The fourth-order valence-electron chi connectivity index (χ4n) is 1.96. The molecule has 1 aromatic carbocycles. The van der Waals surface area contributed by atoms with Crippen molar-refractivity contribution >= 4 is 41.5 Å². The van der Waals surface area contributed by atoms with Crippen LogP contribution < -0.4 is 25.4 Å². The lowest BCUT2D eigenvalue weighted by molar-refractivity contribution is -0.119. The van der Waals surface area contributed by atoms with Gasteiger partial charge in [-0.25, -0.2) is 4.99 Å². The van der Waals surface area contributed by atoms with Gasteiger partial charge in [-0.1, -0.05) is 0 Å². The minimum absolute atomic E-state index is 0. The van der Waals surface area contributed by atoms with E-state index in [1.165, 1.54) is 0 Å². The van der Waals surface area contributed by atoms with Gasteiger partial charge in [0.15, 0.2) is 17.5 Å². The maximum atomic E-state index is 11.7. The molecule has 9 heteroatoms. The summed E-state index contributed by atoms with van der Waals surface area (Å²) in [6, 6.07) is 5.50. The van der Waals surface area contributed by atoms with Crippen LogP contribution in [0.15, 0.2) is 23.2 Å². The lowest BCUT2D eigenvalue weighted by Gasteiger charge is -2.14. The van der Waals surface area contributed by atoms with Gasteiger partial charge >= 0.3 is 0 Å². The number of anilines is 1. The van der Waals surface area contributed by atoms with E-state index in [0.29, 0.717) is 43.8 Å². The predicted octanol–water partition coefficient (Wildman–Crippen LogP) is 1.85. The van der Waals surface area contributed by atoms with Crippen LogP contribution in [-0.4, -0.2) is 58.9 Å². The molecule has 1 rings (SSSR count). The number of amides is 1. The second kappa shape index (κ2) is 14.4. The number of rotatable bonds is 10. The summed E-state index contributed by atoms with van der Waals surface area (Å²) >= 11 is 0. The number of methoxy groups -OCH3 is 2. The zero-order valence-electron chi connectivity index (χ0n) is 15.8. The molecule has 1 amide bonds. The number of aliphatic imine (C=N–C) groups is 1. The SMILES string of the molecule is CCNC(=NCC(=O)NCCOC)Nc1ccc(OCC)c(OC)c1.I. The first-order valence-electron chi connectivity index (χ1n) is 8.26. The number of benzene rings is 1. The molecule has 8 nitrogen and oxygen atoms in total. The summed E-state index contributed by atoms with van der Waals surface area (Å²) < 4.78 is 15.7. The molecule has 26 heavy (non-hydrogen) atoms. The van der Waals surface area contributed by atoms with Crippen molar-refractivity contribution in [2.45, 2.75) is 13.8 Å². The van der Waals surface area contributed by atoms with E-state index in [2.05, 4.69) is 20.9 Å². The van der Waals surface area contributed by atoms with E-state index in [0.717, 1.165) is 5.69 Å². The summed E-state index contributed by atoms with van der Waals surface area (Å²) in [6.45, 7) is 6.06. The minimum Gasteiger partial charge on any atom is -0.493 e. The van der Waals surface area contributed by atoms with Crippen molar-refractivity contribution in [2.75, 3.05) is 52.4 Å². The average Bonchev–Trinajstić information content (AvgIpc) is 2.61. The molecule has 0 bridgehead atoms. The first kappa shape index (κ1) is 24.2. The van der Waals surface area contributed by atoms with Gasteiger partial charge in [-0.15, -0.1) is 24.0 Å². The molecule has 0 spiro atoms. The third kappa shape index (κ3) is 9.09. The molecule has 0 aliphatic carbocycles. The van der Waals surface area contributed by atoms with Crippen LogP contribution in [0.2, 0.25) is 0 Å². The van der Waals surface area contributed by atoms with Gasteiger partial charge in [-0.05, 0) is 26.0 Å². The normalized spacial score (nSPS) is 10.5. The first-order valence-corrected chi connectivity index (χ1v) is 8.26. The Balaban J connectivity index is 0.00000625. The Labute approximate surface area is 172 Å². The van der Waals surface area contributed by atoms with Crippen LogP contribution in [0.4, 0.5) is 5.69 Å². The number of ether oxygens (including phenoxy) is 3. The zero-order chi connectivity index (χ0) is 18.5. The maximum Gasteiger partial charge on any atom is 0.241 e. The van der Waals surface area contributed by atoms with Crippen LogP contribution in [0.3, 0.4) is 0 Å². The molecule has 0 aliphatic heterocycles. The van der Waals surface area contributed by atoms with E-state index in [-0.39, 0.29) is 36.4 Å². The van der Waals surface area contributed by atoms with Gasteiger partial charge in [-0.2, -0.15) is 0 Å². The van der Waals surface area contributed by atoms with Crippen LogP contribution in [0.1, 0.15) is 13.8 Å². The standard InChI is InChI=1S/C17H28N4O4.HI/c1-5-18-17(20-12-16(22)19-9-10-23-3)21-13-7-8-14(25-6-2)15(11-13)24-4;/h7-8,11H,5-6,9-10,12H2,1-4H3,(H,19,22)(H2,18,20,21);1H. The molecule has 0 radical (unpaired) electrons. The molecular weight excluding hydrogens is 451 g/mol. The van der Waals surface area contributed by atoms with Gasteiger partial charge in [-0.3, -0.25) is 4.79 Å². The Morgan fingerprint density at radius 1 is 1.15 bits per heavy atom. The zero-order valence-corrected chi connectivity index (χ0v) is 18.1. The van der Waals surface area contributed by atoms with Gasteiger partial charge < -0.3 is 30.2 Å². The number of guanidine groups is 1. The molecule has 0 unspecified atom stereocenters. The van der Waals surface area contributed by atoms with Crippen LogP contribution in [0.5, 0.6) is 11.5 Å². The molecule has 0 saturated heterocycles. The molecule has 0 saturated carbocycles. The largest absolute Gasteiger partial charge is 0.493 e. The second-order valence-corrected chi connectivity index (χ2v) is 4.96. The van der Waals surface area contributed by atoms with Crippen molar-refractivity contribution in [3.8, 4) is 11.5 Å². The number of hydrogen-bond donors (Lipinski definition) is 3. The Morgan fingerprint density at radius 3 is 2.54 bits per heavy atom. The quantitative estimate of drug-likeness (QED) is 0.205. The summed E-state index contributed by atoms with van der Waals surface area (Å²) in [6.07, 6.45) is 0. The van der Waals surface area contributed by atoms with Crippen LogP contribution in [0.25, 0.3) is 0 Å². The topological polar surface area (TPSA) is 93.2 Å². The molecule has 1 aromatic rings. The number of carbonyl (C=O) groups excluding carboxylic acids is 1. The number of nitrogens with one attached hydrogen (secondary N) is 3. The third-order valence-corrected chi connectivity index (χ3v) is 3.08. The van der Waals surface area contributed by atoms with Gasteiger partial charge in [0.25, 0.3) is 0 Å². The van der Waals surface area contributed by atoms with Crippen LogP contribution >= 0.6 is 24.0 Å². The number of carbonyl (C=O) groups is 1. The highest BCUT2D eigenvalue weighted by atomic mass is 127. The molecule has 0 fully saturated rings. The highest BCUT2D eigenvalue weighted by molar-refractivity contribution is 14.0. The van der Waals surface area contributed by atoms with Gasteiger partial charge in [0.05, 0.1) is 20.3 Å². The van der Waals surface area contributed by atoms with Crippen LogP contribution in [-0.2, 0) is 9.53 Å². The smallest absolute Gasteiger partial charge is 0.241 e. The fourth-order valence-corrected chi connectivity index (χ4v) is 1.96. The summed E-state index contributed by atoms with van der Waals surface area (Å²) in [5.41, 5.74) is 0.778. The second-order valence-electron chi connectivity index (χ2n) is 4.96. The van der Waals surface area contributed by atoms with E-state index in [4.69, 9.17) is 14.2 Å². The van der Waals surface area contributed by atoms with E-state index in [9.17, 15) is 4.79 Å². The Hall–Kier alpha value is -1.75. The third-order valence-electron chi connectivity index (χ3n) is 3.08. The molecule has 0 atom stereocenters. The van der Waals surface area contributed by atoms with Crippen molar-refractivity contribution in [3.63, 3.8) is 0 Å². The minimum atomic E-state index is -0.168. The van der Waals surface area contributed by atoms with Gasteiger partial charge in [0.1, 0.15) is 6.54 Å². The molecule has 0 aliphatic rings. The van der Waals surface area contributed by atoms with Gasteiger partial charge in [0, 0.05) is 32.0 Å². The first-order chi connectivity index (χ1) is 12.1. The maximum absolute atomic E-state index is 11.7. The number of hydrogen-bond acceptors (Lipinski definition) is 5. The Morgan fingerprint density at radius 2 is 1.92 bits per heavy atom. The molecule has 148 valence electrons. The van der Waals surface area contributed by atoms with Crippen LogP contribution in [0, 0.1) is 0 Å². The van der Waals surface area contributed by atoms with E-state index in [1.807, 2.05) is 32.0 Å². The number of halogens is 1. The highest BCUT2D eigenvalue weighted by Crippen LogP contribution is 2.30. The highest BCUT2D eigenvalue weighted by Gasteiger charge is 2.07. The summed E-state index contributed by atoms with van der Waals surface area (Å²) in [5, 5.41) is 8.96. The fraction of sp³-hybridized carbons (Fsp3) is 0.529. The van der Waals surface area contributed by atoms with E-state index >= 15 is 0 Å². The van der Waals surface area contributed by atoms with Crippen molar-refractivity contribution in [3.05, 3.63) is 18.2 Å². The molecule has 3 N–H and O–H groups in total. The summed E-state index contributed by atoms with van der Waals surface area (Å²) in [5.74, 6) is 1.64. The lowest BCUT2D eigenvalue weighted by atomic mass is 10.2. The van der Waals surface area contributed by atoms with E-state index < -0.39 is 0 Å². The molecule has 0 aromatic heterocycles. The average molecular weight is 480 g/mol. The summed E-state index contributed by atoms with van der Waals surface area (Å²) in [7, 11) is 3.17. The van der Waals surface area contributed by atoms with Crippen molar-refractivity contribution < 1.29 is 19.0 Å². The van der Waals surface area contributed by atoms with E-state index in [1.54, 1.807) is 14.2 Å². The Bertz CT molecular complexity index is 570. The van der Waals surface area contributed by atoms with Crippen molar-refractivity contribution in [1.82, 2.24) is 10.6 Å². The monoisotopic (exact) mass is 480 g/mol. The molecule has 0 heterocycles. The van der Waals surface area contributed by atoms with Gasteiger partial charge in [0.2, 0.25) is 5.91 Å².